The van der Waals surface area contributed by atoms with Crippen LogP contribution in [0.4, 0.5) is 0 Å². The number of aryl methyl sites for hydroxylation is 2. The van der Waals surface area contributed by atoms with Crippen molar-refractivity contribution in [1.82, 2.24) is 4.98 Å². The molecule has 0 fully saturated rings. The molecule has 0 radical (unpaired) electrons. The van der Waals surface area contributed by atoms with Crippen LogP contribution in [0.5, 0.6) is 0 Å². The fourth-order valence-corrected chi connectivity index (χ4v) is 2.14. The van der Waals surface area contributed by atoms with Gasteiger partial charge < -0.3 is 5.11 Å². The molecule has 0 saturated carbocycles. The maximum absolute atomic E-state index is 11.0. The molecular formula is C12H15NO2. The Labute approximate surface area is 89.2 Å². The van der Waals surface area contributed by atoms with E-state index in [1.54, 1.807) is 0 Å². The zero-order chi connectivity index (χ0) is 10.8. The van der Waals surface area contributed by atoms with E-state index in [0.29, 0.717) is 12.1 Å². The van der Waals surface area contributed by atoms with Crippen molar-refractivity contribution in [2.75, 3.05) is 0 Å². The molecule has 1 aromatic heterocycles. The molecule has 0 bridgehead atoms. The molecule has 0 aliphatic heterocycles. The summed E-state index contributed by atoms with van der Waals surface area (Å²) in [5, 5.41) is 9.04. The molecule has 0 aromatic carbocycles. The van der Waals surface area contributed by atoms with E-state index in [1.807, 2.05) is 19.1 Å². The SMILES string of the molecule is CCC(C(=O)O)c1ccc2c(n1)CCC2. The Bertz CT molecular complexity index is 387. The molecule has 15 heavy (non-hydrogen) atoms. The van der Waals surface area contributed by atoms with Gasteiger partial charge in [0.15, 0.2) is 0 Å². The van der Waals surface area contributed by atoms with Gasteiger partial charge in [-0.3, -0.25) is 9.78 Å². The number of rotatable bonds is 3. The molecule has 2 rings (SSSR count). The fraction of sp³-hybridized carbons (Fsp3) is 0.500. The van der Waals surface area contributed by atoms with Gasteiger partial charge in [0, 0.05) is 5.69 Å². The molecule has 0 amide bonds. The Morgan fingerprint density at radius 1 is 1.53 bits per heavy atom. The summed E-state index contributed by atoms with van der Waals surface area (Å²) in [5.74, 6) is -1.22. The van der Waals surface area contributed by atoms with Gasteiger partial charge in [0.25, 0.3) is 0 Å². The minimum Gasteiger partial charge on any atom is -0.481 e. The van der Waals surface area contributed by atoms with E-state index in [0.717, 1.165) is 25.0 Å². The predicted molar refractivity (Wildman–Crippen MR) is 56.9 cm³/mol. The Kier molecular flexibility index (Phi) is 2.71. The summed E-state index contributed by atoms with van der Waals surface area (Å²) in [4.78, 5) is 15.5. The van der Waals surface area contributed by atoms with Gasteiger partial charge in [-0.15, -0.1) is 0 Å². The van der Waals surface area contributed by atoms with E-state index < -0.39 is 11.9 Å². The smallest absolute Gasteiger partial charge is 0.312 e. The molecule has 0 spiro atoms. The number of hydrogen-bond donors (Lipinski definition) is 1. The second-order valence-electron chi connectivity index (χ2n) is 3.99. The molecular weight excluding hydrogens is 190 g/mol. The Hall–Kier alpha value is -1.38. The quantitative estimate of drug-likeness (QED) is 0.822. The van der Waals surface area contributed by atoms with Gasteiger partial charge >= 0.3 is 5.97 Å². The van der Waals surface area contributed by atoms with E-state index in [-0.39, 0.29) is 0 Å². The maximum atomic E-state index is 11.0. The summed E-state index contributed by atoms with van der Waals surface area (Å²) < 4.78 is 0. The molecule has 1 aliphatic carbocycles. The van der Waals surface area contributed by atoms with Crippen LogP contribution in [0.1, 0.15) is 42.6 Å². The summed E-state index contributed by atoms with van der Waals surface area (Å²) in [5.41, 5.74) is 3.11. The first-order chi connectivity index (χ1) is 7.22. The number of carboxylic acid groups (broad SMARTS) is 1. The van der Waals surface area contributed by atoms with Crippen LogP contribution >= 0.6 is 0 Å². The van der Waals surface area contributed by atoms with Gasteiger partial charge in [0.2, 0.25) is 0 Å². The van der Waals surface area contributed by atoms with Crippen molar-refractivity contribution in [2.45, 2.75) is 38.5 Å². The normalized spacial score (nSPS) is 16.1. The molecule has 1 aromatic rings. The van der Waals surface area contributed by atoms with Crippen molar-refractivity contribution >= 4 is 5.97 Å². The maximum Gasteiger partial charge on any atom is 0.312 e. The highest BCUT2D eigenvalue weighted by atomic mass is 16.4. The topological polar surface area (TPSA) is 50.2 Å². The zero-order valence-corrected chi connectivity index (χ0v) is 8.86. The zero-order valence-electron chi connectivity index (χ0n) is 8.86. The standard InChI is InChI=1S/C12H15NO2/c1-2-9(12(14)15)11-7-6-8-4-3-5-10(8)13-11/h6-7,9H,2-5H2,1H3,(H,14,15). The monoisotopic (exact) mass is 205 g/mol. The second-order valence-corrected chi connectivity index (χ2v) is 3.99. The number of hydrogen-bond acceptors (Lipinski definition) is 2. The number of pyridine rings is 1. The molecule has 0 saturated heterocycles. The number of carbonyl (C=O) groups is 1. The molecule has 1 unspecified atom stereocenters. The Balaban J connectivity index is 2.32. The van der Waals surface area contributed by atoms with E-state index in [1.165, 1.54) is 5.56 Å². The largest absolute Gasteiger partial charge is 0.481 e. The number of fused-ring (bicyclic) bond motifs is 1. The lowest BCUT2D eigenvalue weighted by atomic mass is 10.0. The minimum absolute atomic E-state index is 0.448. The number of carboxylic acids is 1. The highest BCUT2D eigenvalue weighted by Crippen LogP contribution is 2.24. The lowest BCUT2D eigenvalue weighted by molar-refractivity contribution is -0.138. The summed E-state index contributed by atoms with van der Waals surface area (Å²) in [6.45, 7) is 1.88. The first-order valence-corrected chi connectivity index (χ1v) is 5.44. The van der Waals surface area contributed by atoms with Crippen molar-refractivity contribution < 1.29 is 9.90 Å². The van der Waals surface area contributed by atoms with Crippen molar-refractivity contribution in [3.63, 3.8) is 0 Å². The molecule has 1 N–H and O–H groups in total. The van der Waals surface area contributed by atoms with Crippen LogP contribution in [0.15, 0.2) is 12.1 Å². The van der Waals surface area contributed by atoms with Crippen LogP contribution in [0.25, 0.3) is 0 Å². The van der Waals surface area contributed by atoms with Crippen LogP contribution < -0.4 is 0 Å². The van der Waals surface area contributed by atoms with E-state index in [4.69, 9.17) is 5.11 Å². The highest BCUT2D eigenvalue weighted by Gasteiger charge is 2.21. The molecule has 3 heteroatoms. The van der Waals surface area contributed by atoms with Crippen molar-refractivity contribution in [3.8, 4) is 0 Å². The van der Waals surface area contributed by atoms with Crippen LogP contribution in [0.3, 0.4) is 0 Å². The van der Waals surface area contributed by atoms with E-state index in [9.17, 15) is 4.79 Å². The van der Waals surface area contributed by atoms with Gasteiger partial charge in [0.05, 0.1) is 11.6 Å². The molecule has 3 nitrogen and oxygen atoms in total. The summed E-state index contributed by atoms with van der Waals surface area (Å²) in [7, 11) is 0. The van der Waals surface area contributed by atoms with Crippen LogP contribution in [-0.2, 0) is 17.6 Å². The first-order valence-electron chi connectivity index (χ1n) is 5.44. The summed E-state index contributed by atoms with van der Waals surface area (Å²) in [6.07, 6.45) is 3.84. The third-order valence-corrected chi connectivity index (χ3v) is 3.01. The molecule has 1 aliphatic rings. The van der Waals surface area contributed by atoms with Gasteiger partial charge in [-0.25, -0.2) is 0 Å². The fourth-order valence-electron chi connectivity index (χ4n) is 2.14. The summed E-state index contributed by atoms with van der Waals surface area (Å²) >= 11 is 0. The Morgan fingerprint density at radius 2 is 2.33 bits per heavy atom. The van der Waals surface area contributed by atoms with E-state index in [2.05, 4.69) is 4.98 Å². The lowest BCUT2D eigenvalue weighted by Gasteiger charge is -2.10. The van der Waals surface area contributed by atoms with E-state index >= 15 is 0 Å². The van der Waals surface area contributed by atoms with Gasteiger partial charge in [-0.05, 0) is 37.3 Å². The van der Waals surface area contributed by atoms with Gasteiger partial charge in [-0.1, -0.05) is 13.0 Å². The van der Waals surface area contributed by atoms with Crippen molar-refractivity contribution in [2.24, 2.45) is 0 Å². The molecule has 1 heterocycles. The minimum atomic E-state index is -0.775. The van der Waals surface area contributed by atoms with Crippen LogP contribution in [-0.4, -0.2) is 16.1 Å². The Morgan fingerprint density at radius 3 is 3.00 bits per heavy atom. The second kappa shape index (κ2) is 4.01. The average Bonchev–Trinajstić information content (AvgIpc) is 2.65. The van der Waals surface area contributed by atoms with Crippen LogP contribution in [0, 0.1) is 0 Å². The van der Waals surface area contributed by atoms with Crippen molar-refractivity contribution in [3.05, 3.63) is 29.1 Å². The number of aromatic nitrogens is 1. The average molecular weight is 205 g/mol. The lowest BCUT2D eigenvalue weighted by Crippen LogP contribution is -2.12. The predicted octanol–water partition coefficient (Wildman–Crippen LogP) is 2.15. The number of aliphatic carboxylic acids is 1. The molecule has 80 valence electrons. The highest BCUT2D eigenvalue weighted by molar-refractivity contribution is 5.75. The number of nitrogens with zero attached hydrogens (tertiary/aromatic N) is 1. The van der Waals surface area contributed by atoms with Gasteiger partial charge in [0.1, 0.15) is 0 Å². The van der Waals surface area contributed by atoms with Gasteiger partial charge in [-0.2, -0.15) is 0 Å². The van der Waals surface area contributed by atoms with Crippen molar-refractivity contribution in [1.29, 1.82) is 0 Å². The third kappa shape index (κ3) is 1.87. The van der Waals surface area contributed by atoms with Crippen LogP contribution in [0.2, 0.25) is 0 Å². The first kappa shape index (κ1) is 10.1. The molecule has 1 atom stereocenters. The summed E-state index contributed by atoms with van der Waals surface area (Å²) in [6, 6.07) is 3.91. The third-order valence-electron chi connectivity index (χ3n) is 3.01.